The van der Waals surface area contributed by atoms with Gasteiger partial charge in [-0.05, 0) is 37.6 Å². The molecule has 0 saturated carbocycles. The summed E-state index contributed by atoms with van der Waals surface area (Å²) in [5, 5.41) is 9.90. The smallest absolute Gasteiger partial charge is 0.266 e. The summed E-state index contributed by atoms with van der Waals surface area (Å²) in [5.41, 5.74) is 3.57. The largest absolute Gasteiger partial charge is 0.495 e. The molecule has 0 aliphatic carbocycles. The minimum Gasteiger partial charge on any atom is -0.495 e. The Hall–Kier alpha value is -3.94. The summed E-state index contributed by atoms with van der Waals surface area (Å²) in [6.07, 6.45) is 0.625. The van der Waals surface area contributed by atoms with Gasteiger partial charge in [0.1, 0.15) is 5.75 Å². The topological polar surface area (TPSA) is 102 Å². The maximum atomic E-state index is 12.4. The number of amides is 2. The van der Waals surface area contributed by atoms with Gasteiger partial charge in [0.05, 0.1) is 18.5 Å². The van der Waals surface area contributed by atoms with E-state index in [0.717, 1.165) is 11.1 Å². The van der Waals surface area contributed by atoms with Crippen LogP contribution in [0, 0.1) is 6.92 Å². The Morgan fingerprint density at radius 1 is 1.03 bits per heavy atom. The number of methoxy groups -OCH3 is 1. The number of aromatic nitrogens is 2. The zero-order valence-corrected chi connectivity index (χ0v) is 18.3. The van der Waals surface area contributed by atoms with Gasteiger partial charge >= 0.3 is 0 Å². The van der Waals surface area contributed by atoms with Crippen molar-refractivity contribution in [3.05, 3.63) is 70.5 Å². The molecule has 2 N–H and O–H groups in total. The summed E-state index contributed by atoms with van der Waals surface area (Å²) in [7, 11) is 1.50. The van der Waals surface area contributed by atoms with Gasteiger partial charge in [0, 0.05) is 37.2 Å². The van der Waals surface area contributed by atoms with E-state index >= 15 is 0 Å². The zero-order chi connectivity index (χ0) is 23.1. The highest BCUT2D eigenvalue weighted by molar-refractivity contribution is 5.94. The minimum absolute atomic E-state index is 0.191. The third kappa shape index (κ3) is 6.04. The normalized spacial score (nSPS) is 10.5. The second-order valence-electron chi connectivity index (χ2n) is 7.39. The van der Waals surface area contributed by atoms with E-state index in [9.17, 15) is 14.4 Å². The maximum absolute atomic E-state index is 12.4. The standard InChI is InChI=1S/C24H26N4O4/c1-16-6-8-18(9-7-16)20-11-13-24(31)28(27-20)14-4-5-23(30)26-21-15-19(25-17(2)29)10-12-22(21)32-3/h6-13,15H,4-5,14H2,1-3H3,(H,25,29)(H,26,30). The number of carbonyl (C=O) groups excluding carboxylic acids is 2. The number of ether oxygens (including phenoxy) is 1. The van der Waals surface area contributed by atoms with Crippen molar-refractivity contribution in [3.8, 4) is 17.0 Å². The van der Waals surface area contributed by atoms with Crippen molar-refractivity contribution in [1.29, 1.82) is 0 Å². The molecule has 1 heterocycles. The minimum atomic E-state index is -0.231. The second-order valence-corrected chi connectivity index (χ2v) is 7.39. The molecular weight excluding hydrogens is 408 g/mol. The number of carbonyl (C=O) groups is 2. The first-order valence-corrected chi connectivity index (χ1v) is 10.3. The number of hydrogen-bond acceptors (Lipinski definition) is 5. The van der Waals surface area contributed by atoms with Gasteiger partial charge in [-0.3, -0.25) is 14.4 Å². The first kappa shape index (κ1) is 22.7. The van der Waals surface area contributed by atoms with Crippen LogP contribution in [-0.2, 0) is 16.1 Å². The van der Waals surface area contributed by atoms with E-state index in [1.54, 1.807) is 24.3 Å². The third-order valence-electron chi connectivity index (χ3n) is 4.78. The molecular formula is C24H26N4O4. The van der Waals surface area contributed by atoms with Crippen molar-refractivity contribution in [2.24, 2.45) is 0 Å². The summed E-state index contributed by atoms with van der Waals surface area (Å²) < 4.78 is 6.65. The molecule has 0 saturated heterocycles. The molecule has 2 amide bonds. The van der Waals surface area contributed by atoms with Gasteiger partial charge < -0.3 is 15.4 Å². The lowest BCUT2D eigenvalue weighted by Gasteiger charge is -2.12. The molecule has 0 atom stereocenters. The zero-order valence-electron chi connectivity index (χ0n) is 18.3. The first-order valence-electron chi connectivity index (χ1n) is 10.3. The molecule has 0 bridgehead atoms. The van der Waals surface area contributed by atoms with Gasteiger partial charge in [0.25, 0.3) is 5.56 Å². The van der Waals surface area contributed by atoms with Crippen LogP contribution in [-0.4, -0.2) is 28.7 Å². The van der Waals surface area contributed by atoms with Crippen molar-refractivity contribution in [1.82, 2.24) is 9.78 Å². The summed E-state index contributed by atoms with van der Waals surface area (Å²) in [5.74, 6) is 0.0420. The van der Waals surface area contributed by atoms with Crippen LogP contribution >= 0.6 is 0 Å². The lowest BCUT2D eigenvalue weighted by Crippen LogP contribution is -2.23. The average molecular weight is 434 g/mol. The molecule has 0 fully saturated rings. The molecule has 0 aliphatic rings. The molecule has 0 aliphatic heterocycles. The fourth-order valence-corrected chi connectivity index (χ4v) is 3.18. The van der Waals surface area contributed by atoms with Gasteiger partial charge in [0.15, 0.2) is 0 Å². The monoisotopic (exact) mass is 434 g/mol. The van der Waals surface area contributed by atoms with Crippen LogP contribution in [0.3, 0.4) is 0 Å². The Balaban J connectivity index is 1.63. The fraction of sp³-hybridized carbons (Fsp3) is 0.250. The quantitative estimate of drug-likeness (QED) is 0.564. The second kappa shape index (κ2) is 10.4. The third-order valence-corrected chi connectivity index (χ3v) is 4.78. The van der Waals surface area contributed by atoms with Crippen molar-refractivity contribution in [2.45, 2.75) is 33.2 Å². The van der Waals surface area contributed by atoms with Crippen LogP contribution in [0.5, 0.6) is 5.75 Å². The van der Waals surface area contributed by atoms with Gasteiger partial charge in [-0.2, -0.15) is 5.10 Å². The highest BCUT2D eigenvalue weighted by atomic mass is 16.5. The van der Waals surface area contributed by atoms with Crippen molar-refractivity contribution in [2.75, 3.05) is 17.7 Å². The molecule has 3 rings (SSSR count). The van der Waals surface area contributed by atoms with E-state index < -0.39 is 0 Å². The highest BCUT2D eigenvalue weighted by Crippen LogP contribution is 2.28. The van der Waals surface area contributed by atoms with E-state index in [-0.39, 0.29) is 23.8 Å². The number of nitrogens with one attached hydrogen (secondary N) is 2. The molecule has 2 aromatic carbocycles. The number of rotatable bonds is 8. The highest BCUT2D eigenvalue weighted by Gasteiger charge is 2.10. The number of anilines is 2. The van der Waals surface area contributed by atoms with E-state index in [0.29, 0.717) is 35.8 Å². The summed E-state index contributed by atoms with van der Waals surface area (Å²) >= 11 is 0. The van der Waals surface area contributed by atoms with E-state index in [1.165, 1.54) is 24.8 Å². The number of benzene rings is 2. The van der Waals surface area contributed by atoms with Crippen molar-refractivity contribution >= 4 is 23.2 Å². The van der Waals surface area contributed by atoms with Crippen LogP contribution in [0.4, 0.5) is 11.4 Å². The fourth-order valence-electron chi connectivity index (χ4n) is 3.18. The molecule has 0 unspecified atom stereocenters. The average Bonchev–Trinajstić information content (AvgIpc) is 2.75. The number of hydrogen-bond donors (Lipinski definition) is 2. The molecule has 1 aromatic heterocycles. The number of aryl methyl sites for hydroxylation is 2. The van der Waals surface area contributed by atoms with E-state index in [4.69, 9.17) is 4.74 Å². The Kier molecular flexibility index (Phi) is 7.38. The molecule has 166 valence electrons. The van der Waals surface area contributed by atoms with Gasteiger partial charge in [0.2, 0.25) is 11.8 Å². The molecule has 3 aromatic rings. The van der Waals surface area contributed by atoms with Crippen molar-refractivity contribution < 1.29 is 14.3 Å². The Morgan fingerprint density at radius 2 is 1.78 bits per heavy atom. The number of nitrogens with zero attached hydrogens (tertiary/aromatic N) is 2. The predicted molar refractivity (Wildman–Crippen MR) is 124 cm³/mol. The maximum Gasteiger partial charge on any atom is 0.266 e. The van der Waals surface area contributed by atoms with Gasteiger partial charge in [-0.1, -0.05) is 29.8 Å². The Labute approximate surface area is 186 Å². The molecule has 0 radical (unpaired) electrons. The molecule has 8 nitrogen and oxygen atoms in total. The van der Waals surface area contributed by atoms with Gasteiger partial charge in [-0.15, -0.1) is 0 Å². The summed E-state index contributed by atoms with van der Waals surface area (Å²) in [6, 6.07) is 16.1. The van der Waals surface area contributed by atoms with Crippen molar-refractivity contribution in [3.63, 3.8) is 0 Å². The van der Waals surface area contributed by atoms with Crippen LogP contribution in [0.25, 0.3) is 11.3 Å². The van der Waals surface area contributed by atoms with E-state index in [1.807, 2.05) is 31.2 Å². The lowest BCUT2D eigenvalue weighted by atomic mass is 10.1. The van der Waals surface area contributed by atoms with Crippen LogP contribution in [0.15, 0.2) is 59.4 Å². The summed E-state index contributed by atoms with van der Waals surface area (Å²) in [6.45, 7) is 3.73. The van der Waals surface area contributed by atoms with Gasteiger partial charge in [-0.25, -0.2) is 4.68 Å². The SMILES string of the molecule is COc1ccc(NC(C)=O)cc1NC(=O)CCCn1nc(-c2ccc(C)cc2)ccc1=O. The molecule has 0 spiro atoms. The van der Waals surface area contributed by atoms with E-state index in [2.05, 4.69) is 15.7 Å². The molecule has 8 heteroatoms. The van der Waals surface area contributed by atoms with Crippen LogP contribution in [0.2, 0.25) is 0 Å². The van der Waals surface area contributed by atoms with Crippen LogP contribution in [0.1, 0.15) is 25.3 Å². The Bertz CT molecular complexity index is 1170. The predicted octanol–water partition coefficient (Wildman–Crippen LogP) is 3.60. The first-order chi connectivity index (χ1) is 15.4. The molecule has 32 heavy (non-hydrogen) atoms. The summed E-state index contributed by atoms with van der Waals surface area (Å²) in [4.78, 5) is 35.9. The van der Waals surface area contributed by atoms with Crippen LogP contribution < -0.4 is 20.9 Å². The Morgan fingerprint density at radius 3 is 2.47 bits per heavy atom. The lowest BCUT2D eigenvalue weighted by molar-refractivity contribution is -0.116.